The first-order valence-corrected chi connectivity index (χ1v) is 8.06. The highest BCUT2D eigenvalue weighted by atomic mass is 127. The van der Waals surface area contributed by atoms with Crippen LogP contribution >= 0.6 is 22.6 Å². The van der Waals surface area contributed by atoms with Crippen LogP contribution in [-0.4, -0.2) is 5.11 Å². The first-order valence-electron chi connectivity index (χ1n) is 6.98. The minimum atomic E-state index is 0.345. The monoisotopic (exact) mass is 379 g/mol. The molecule has 1 unspecified atom stereocenters. The summed E-state index contributed by atoms with van der Waals surface area (Å²) in [5, 5.41) is 13.2. The molecule has 3 heteroatoms. The van der Waals surface area contributed by atoms with Gasteiger partial charge >= 0.3 is 0 Å². The number of aromatic hydroxyl groups is 1. The topological polar surface area (TPSA) is 32.3 Å². The van der Waals surface area contributed by atoms with Crippen LogP contribution in [0, 0.1) is 10.5 Å². The second kappa shape index (κ2) is 5.64. The summed E-state index contributed by atoms with van der Waals surface area (Å²) in [6.45, 7) is 2.13. The van der Waals surface area contributed by atoms with Gasteiger partial charge in [-0.05, 0) is 89.7 Å². The average molecular weight is 379 g/mol. The van der Waals surface area contributed by atoms with Crippen molar-refractivity contribution >= 4 is 28.3 Å². The summed E-state index contributed by atoms with van der Waals surface area (Å²) in [5.74, 6) is 0.370. The smallest absolute Gasteiger partial charge is 0.115 e. The number of hydrogen-bond acceptors (Lipinski definition) is 2. The standard InChI is InChI=1S/C17H18INO/c1-11-5-6-13(10-16(11)18)19-17-4-2-3-12-9-14(20)7-8-15(12)17/h5-10,17,19-20H,2-4H2,1H3. The van der Waals surface area contributed by atoms with Crippen LogP contribution in [0.25, 0.3) is 0 Å². The molecular weight excluding hydrogens is 361 g/mol. The quantitative estimate of drug-likeness (QED) is 0.736. The predicted molar refractivity (Wildman–Crippen MR) is 91.3 cm³/mol. The third-order valence-corrected chi connectivity index (χ3v) is 5.12. The third kappa shape index (κ3) is 2.77. The number of fused-ring (bicyclic) bond motifs is 1. The van der Waals surface area contributed by atoms with Crippen molar-refractivity contribution in [3.05, 3.63) is 56.7 Å². The lowest BCUT2D eigenvalue weighted by atomic mass is 9.87. The largest absolute Gasteiger partial charge is 0.508 e. The molecule has 0 aromatic heterocycles. The van der Waals surface area contributed by atoms with Crippen molar-refractivity contribution in [2.75, 3.05) is 5.32 Å². The van der Waals surface area contributed by atoms with Crippen molar-refractivity contribution in [2.45, 2.75) is 32.2 Å². The fourth-order valence-corrected chi connectivity index (χ4v) is 3.35. The highest BCUT2D eigenvalue weighted by Crippen LogP contribution is 2.34. The molecule has 0 fully saturated rings. The van der Waals surface area contributed by atoms with Crippen LogP contribution in [0.15, 0.2) is 36.4 Å². The highest BCUT2D eigenvalue weighted by molar-refractivity contribution is 14.1. The predicted octanol–water partition coefficient (Wildman–Crippen LogP) is 4.79. The highest BCUT2D eigenvalue weighted by Gasteiger charge is 2.20. The Bertz CT molecular complexity index is 639. The van der Waals surface area contributed by atoms with Crippen molar-refractivity contribution in [3.63, 3.8) is 0 Å². The van der Waals surface area contributed by atoms with E-state index in [0.717, 1.165) is 19.3 Å². The van der Waals surface area contributed by atoms with E-state index < -0.39 is 0 Å². The lowest BCUT2D eigenvalue weighted by Gasteiger charge is -2.27. The molecule has 0 heterocycles. The number of hydrogen-bond donors (Lipinski definition) is 2. The molecule has 2 aromatic carbocycles. The van der Waals surface area contributed by atoms with Gasteiger partial charge in [-0.2, -0.15) is 0 Å². The molecule has 20 heavy (non-hydrogen) atoms. The summed E-state index contributed by atoms with van der Waals surface area (Å²) < 4.78 is 1.29. The van der Waals surface area contributed by atoms with Crippen LogP contribution < -0.4 is 5.32 Å². The van der Waals surface area contributed by atoms with Crippen molar-refractivity contribution < 1.29 is 5.11 Å². The maximum Gasteiger partial charge on any atom is 0.115 e. The lowest BCUT2D eigenvalue weighted by Crippen LogP contribution is -2.17. The van der Waals surface area contributed by atoms with Crippen LogP contribution in [0.4, 0.5) is 5.69 Å². The van der Waals surface area contributed by atoms with Crippen LogP contribution in [0.2, 0.25) is 0 Å². The second-order valence-corrected chi connectivity index (χ2v) is 6.60. The van der Waals surface area contributed by atoms with Crippen LogP contribution in [0.3, 0.4) is 0 Å². The van der Waals surface area contributed by atoms with Crippen molar-refractivity contribution in [1.82, 2.24) is 0 Å². The molecule has 0 bridgehead atoms. The van der Waals surface area contributed by atoms with Crippen LogP contribution in [0.1, 0.15) is 35.6 Å². The van der Waals surface area contributed by atoms with Gasteiger partial charge in [0.1, 0.15) is 5.75 Å². The number of phenolic OH excluding ortho intramolecular Hbond substituents is 1. The molecule has 2 aromatic rings. The van der Waals surface area contributed by atoms with Gasteiger partial charge in [-0.1, -0.05) is 12.1 Å². The van der Waals surface area contributed by atoms with E-state index in [4.69, 9.17) is 0 Å². The maximum absolute atomic E-state index is 9.61. The summed E-state index contributed by atoms with van der Waals surface area (Å²) in [5.41, 5.74) is 5.08. The number of nitrogens with one attached hydrogen (secondary N) is 1. The zero-order chi connectivity index (χ0) is 14.1. The normalized spacial score (nSPS) is 17.6. The fourth-order valence-electron chi connectivity index (χ4n) is 2.83. The second-order valence-electron chi connectivity index (χ2n) is 5.44. The van der Waals surface area contributed by atoms with E-state index in [1.165, 1.54) is 25.9 Å². The van der Waals surface area contributed by atoms with Gasteiger partial charge in [0.25, 0.3) is 0 Å². The summed E-state index contributed by atoms with van der Waals surface area (Å²) in [6, 6.07) is 12.6. The number of rotatable bonds is 2. The molecule has 1 atom stereocenters. The molecule has 0 amide bonds. The van der Waals surface area contributed by atoms with Gasteiger partial charge in [0.2, 0.25) is 0 Å². The van der Waals surface area contributed by atoms with E-state index >= 15 is 0 Å². The van der Waals surface area contributed by atoms with Gasteiger partial charge in [-0.3, -0.25) is 0 Å². The Kier molecular flexibility index (Phi) is 3.87. The number of anilines is 1. The summed E-state index contributed by atoms with van der Waals surface area (Å²) >= 11 is 2.38. The third-order valence-electron chi connectivity index (χ3n) is 3.95. The molecule has 104 valence electrons. The molecule has 0 saturated carbocycles. The summed E-state index contributed by atoms with van der Waals surface area (Å²) in [4.78, 5) is 0. The maximum atomic E-state index is 9.61. The van der Waals surface area contributed by atoms with E-state index in [-0.39, 0.29) is 0 Å². The SMILES string of the molecule is Cc1ccc(NC2CCCc3cc(O)ccc32)cc1I. The van der Waals surface area contributed by atoms with Crippen LogP contribution in [0.5, 0.6) is 5.75 Å². The van der Waals surface area contributed by atoms with Crippen molar-refractivity contribution in [1.29, 1.82) is 0 Å². The van der Waals surface area contributed by atoms with Gasteiger partial charge < -0.3 is 10.4 Å². The number of aryl methyl sites for hydroxylation is 2. The zero-order valence-corrected chi connectivity index (χ0v) is 13.6. The minimum absolute atomic E-state index is 0.345. The van der Waals surface area contributed by atoms with Gasteiger partial charge in [0.05, 0.1) is 6.04 Å². The Hall–Kier alpha value is -1.23. The Balaban J connectivity index is 1.87. The zero-order valence-electron chi connectivity index (χ0n) is 11.5. The van der Waals surface area contributed by atoms with Crippen molar-refractivity contribution in [3.8, 4) is 5.75 Å². The van der Waals surface area contributed by atoms with Crippen LogP contribution in [-0.2, 0) is 6.42 Å². The van der Waals surface area contributed by atoms with E-state index in [9.17, 15) is 5.11 Å². The van der Waals surface area contributed by atoms with E-state index in [1.807, 2.05) is 6.07 Å². The lowest BCUT2D eigenvalue weighted by molar-refractivity contribution is 0.472. The molecule has 0 saturated heterocycles. The average Bonchev–Trinajstić information content (AvgIpc) is 2.43. The number of benzene rings is 2. The fraction of sp³-hybridized carbons (Fsp3) is 0.294. The van der Waals surface area contributed by atoms with E-state index in [2.05, 4.69) is 59.1 Å². The van der Waals surface area contributed by atoms with Gasteiger partial charge in [-0.25, -0.2) is 0 Å². The van der Waals surface area contributed by atoms with Gasteiger partial charge in [0, 0.05) is 9.26 Å². The molecule has 0 spiro atoms. The summed E-state index contributed by atoms with van der Waals surface area (Å²) in [7, 11) is 0. The van der Waals surface area contributed by atoms with E-state index in [1.54, 1.807) is 6.07 Å². The Morgan fingerprint density at radius 2 is 2.05 bits per heavy atom. The van der Waals surface area contributed by atoms with Gasteiger partial charge in [0.15, 0.2) is 0 Å². The Morgan fingerprint density at radius 1 is 1.20 bits per heavy atom. The molecule has 0 aliphatic heterocycles. The molecular formula is C17H18INO. The molecule has 1 aliphatic carbocycles. The minimum Gasteiger partial charge on any atom is -0.508 e. The molecule has 0 radical (unpaired) electrons. The first kappa shape index (κ1) is 13.7. The molecule has 2 nitrogen and oxygen atoms in total. The Morgan fingerprint density at radius 3 is 2.85 bits per heavy atom. The molecule has 2 N–H and O–H groups in total. The van der Waals surface area contributed by atoms with E-state index in [0.29, 0.717) is 11.8 Å². The first-order chi connectivity index (χ1) is 9.63. The Labute approximate surface area is 133 Å². The molecule has 3 rings (SSSR count). The molecule has 1 aliphatic rings. The summed E-state index contributed by atoms with van der Waals surface area (Å²) in [6.07, 6.45) is 3.37. The van der Waals surface area contributed by atoms with Gasteiger partial charge in [-0.15, -0.1) is 0 Å². The number of halogens is 1. The van der Waals surface area contributed by atoms with Crippen molar-refractivity contribution in [2.24, 2.45) is 0 Å². The number of phenols is 1.